The highest BCUT2D eigenvalue weighted by Crippen LogP contribution is 2.50. The van der Waals surface area contributed by atoms with Gasteiger partial charge in [0, 0.05) is 55.3 Å². The zero-order valence-corrected chi connectivity index (χ0v) is 16.5. The third kappa shape index (κ3) is 2.97. The van der Waals surface area contributed by atoms with Gasteiger partial charge in [0.05, 0.1) is 0 Å². The first-order valence-electron chi connectivity index (χ1n) is 8.90. The maximum Gasteiger partial charge on any atom is 0.0372 e. The molecule has 0 fully saturated rings. The number of fused-ring (bicyclic) bond motifs is 2. The molecule has 0 unspecified atom stereocenters. The second-order valence-corrected chi connectivity index (χ2v) is 8.26. The van der Waals surface area contributed by atoms with Gasteiger partial charge in [-0.3, -0.25) is 0 Å². The number of rotatable bonds is 3. The van der Waals surface area contributed by atoms with E-state index >= 15 is 0 Å². The van der Waals surface area contributed by atoms with Crippen molar-refractivity contribution in [3.05, 3.63) is 83.4 Å². The summed E-state index contributed by atoms with van der Waals surface area (Å²) >= 11 is 1.89. The summed E-state index contributed by atoms with van der Waals surface area (Å²) in [5, 5.41) is 0. The van der Waals surface area contributed by atoms with E-state index in [2.05, 4.69) is 105 Å². The lowest BCUT2D eigenvalue weighted by Gasteiger charge is -2.30. The molecule has 1 aliphatic heterocycles. The Kier molecular flexibility index (Phi) is 4.41. The molecular formula is C23H24N2S. The van der Waals surface area contributed by atoms with Gasteiger partial charge in [-0.1, -0.05) is 54.2 Å². The summed E-state index contributed by atoms with van der Waals surface area (Å²) in [6.07, 6.45) is 0. The summed E-state index contributed by atoms with van der Waals surface area (Å²) in [7, 11) is 8.40. The van der Waals surface area contributed by atoms with Gasteiger partial charge in [-0.15, -0.1) is 0 Å². The van der Waals surface area contributed by atoms with E-state index in [0.29, 0.717) is 0 Å². The molecule has 0 N–H and O–H groups in total. The van der Waals surface area contributed by atoms with Crippen LogP contribution >= 0.6 is 11.8 Å². The topological polar surface area (TPSA) is 6.48 Å². The number of hydrogen-bond donors (Lipinski definition) is 0. The van der Waals surface area contributed by atoms with E-state index in [1.807, 2.05) is 11.8 Å². The third-order valence-corrected chi connectivity index (χ3v) is 6.15. The van der Waals surface area contributed by atoms with Crippen LogP contribution in [0.3, 0.4) is 0 Å². The molecule has 0 bridgehead atoms. The molecule has 132 valence electrons. The Morgan fingerprint density at radius 2 is 1.15 bits per heavy atom. The Labute approximate surface area is 160 Å². The largest absolute Gasteiger partial charge is 0.378 e. The summed E-state index contributed by atoms with van der Waals surface area (Å²) < 4.78 is 0. The summed E-state index contributed by atoms with van der Waals surface area (Å²) in [6, 6.07) is 24.6. The number of hydrogen-bond acceptors (Lipinski definition) is 3. The predicted octanol–water partition coefficient (Wildman–Crippen LogP) is 5.46. The van der Waals surface area contributed by atoms with Gasteiger partial charge in [0.2, 0.25) is 0 Å². The number of anilines is 2. The fraction of sp³-hybridized carbons (Fsp3) is 0.217. The molecule has 3 aromatic carbocycles. The third-order valence-electron chi connectivity index (χ3n) is 5.00. The highest BCUT2D eigenvalue weighted by atomic mass is 32.2. The van der Waals surface area contributed by atoms with Crippen LogP contribution in [-0.4, -0.2) is 28.2 Å². The number of nitrogens with zero attached hydrogens (tertiary/aromatic N) is 2. The molecule has 26 heavy (non-hydrogen) atoms. The van der Waals surface area contributed by atoms with Crippen LogP contribution in [0.1, 0.15) is 22.6 Å². The van der Waals surface area contributed by atoms with E-state index in [4.69, 9.17) is 0 Å². The highest BCUT2D eigenvalue weighted by molar-refractivity contribution is 7.99. The zero-order chi connectivity index (χ0) is 18.3. The van der Waals surface area contributed by atoms with Crippen LogP contribution in [0, 0.1) is 0 Å². The van der Waals surface area contributed by atoms with Crippen LogP contribution < -0.4 is 9.80 Å². The van der Waals surface area contributed by atoms with E-state index in [9.17, 15) is 0 Å². The van der Waals surface area contributed by atoms with Crippen molar-refractivity contribution >= 4 is 23.1 Å². The van der Waals surface area contributed by atoms with Gasteiger partial charge in [-0.25, -0.2) is 0 Å². The average molecular weight is 361 g/mol. The Morgan fingerprint density at radius 1 is 0.654 bits per heavy atom. The molecule has 0 atom stereocenters. The molecule has 0 radical (unpaired) electrons. The molecule has 1 aliphatic rings. The molecule has 0 amide bonds. The second-order valence-electron chi connectivity index (χ2n) is 7.18. The second kappa shape index (κ2) is 6.73. The molecule has 0 aromatic heterocycles. The SMILES string of the molecule is CN(C)c1ccc2c(c1)Sc1cc(N(C)C)ccc1C2c1ccccc1. The van der Waals surface area contributed by atoms with Crippen molar-refractivity contribution in [3.8, 4) is 0 Å². The van der Waals surface area contributed by atoms with Gasteiger partial charge in [0.25, 0.3) is 0 Å². The van der Waals surface area contributed by atoms with Crippen LogP contribution in [0.5, 0.6) is 0 Å². The van der Waals surface area contributed by atoms with E-state index in [1.165, 1.54) is 37.9 Å². The van der Waals surface area contributed by atoms with Gasteiger partial charge in [-0.2, -0.15) is 0 Å². The quantitative estimate of drug-likeness (QED) is 0.479. The molecule has 0 spiro atoms. The molecule has 0 saturated heterocycles. The fourth-order valence-corrected chi connectivity index (χ4v) is 4.75. The van der Waals surface area contributed by atoms with Crippen LogP contribution in [0.25, 0.3) is 0 Å². The molecule has 1 heterocycles. The van der Waals surface area contributed by atoms with Crippen LogP contribution in [-0.2, 0) is 0 Å². The summed E-state index contributed by atoms with van der Waals surface area (Å²) in [5.74, 6) is 0.287. The molecule has 3 heteroatoms. The summed E-state index contributed by atoms with van der Waals surface area (Å²) in [6.45, 7) is 0. The first-order valence-corrected chi connectivity index (χ1v) is 9.71. The lowest BCUT2D eigenvalue weighted by molar-refractivity contribution is 0.898. The van der Waals surface area contributed by atoms with E-state index in [0.717, 1.165) is 0 Å². The van der Waals surface area contributed by atoms with E-state index < -0.39 is 0 Å². The van der Waals surface area contributed by atoms with Crippen LogP contribution in [0.2, 0.25) is 0 Å². The van der Waals surface area contributed by atoms with Crippen molar-refractivity contribution in [1.82, 2.24) is 0 Å². The highest BCUT2D eigenvalue weighted by Gasteiger charge is 2.28. The number of benzene rings is 3. The Morgan fingerprint density at radius 3 is 1.62 bits per heavy atom. The molecular weight excluding hydrogens is 336 g/mol. The van der Waals surface area contributed by atoms with Crippen molar-refractivity contribution in [3.63, 3.8) is 0 Å². The van der Waals surface area contributed by atoms with Crippen molar-refractivity contribution in [2.75, 3.05) is 38.0 Å². The van der Waals surface area contributed by atoms with Gasteiger partial charge < -0.3 is 9.80 Å². The monoisotopic (exact) mass is 360 g/mol. The molecule has 0 saturated carbocycles. The maximum absolute atomic E-state index is 2.32. The summed E-state index contributed by atoms with van der Waals surface area (Å²) in [5.41, 5.74) is 6.64. The van der Waals surface area contributed by atoms with Crippen molar-refractivity contribution in [2.45, 2.75) is 15.7 Å². The van der Waals surface area contributed by atoms with Crippen molar-refractivity contribution in [2.24, 2.45) is 0 Å². The first-order chi connectivity index (χ1) is 12.5. The van der Waals surface area contributed by atoms with Crippen molar-refractivity contribution in [1.29, 1.82) is 0 Å². The Balaban J connectivity index is 1.91. The van der Waals surface area contributed by atoms with Crippen LogP contribution in [0.4, 0.5) is 11.4 Å². The predicted molar refractivity (Wildman–Crippen MR) is 113 cm³/mol. The minimum absolute atomic E-state index is 0.287. The van der Waals surface area contributed by atoms with Gasteiger partial charge in [-0.05, 0) is 41.0 Å². The first kappa shape index (κ1) is 17.0. The van der Waals surface area contributed by atoms with E-state index in [-0.39, 0.29) is 5.92 Å². The summed E-state index contributed by atoms with van der Waals surface area (Å²) in [4.78, 5) is 7.05. The molecule has 2 nitrogen and oxygen atoms in total. The lowest BCUT2D eigenvalue weighted by atomic mass is 9.84. The average Bonchev–Trinajstić information content (AvgIpc) is 2.65. The molecule has 3 aromatic rings. The van der Waals surface area contributed by atoms with Gasteiger partial charge in [0.1, 0.15) is 0 Å². The van der Waals surface area contributed by atoms with Crippen LogP contribution in [0.15, 0.2) is 76.5 Å². The molecule has 0 aliphatic carbocycles. The zero-order valence-electron chi connectivity index (χ0n) is 15.7. The Bertz CT molecular complexity index is 875. The van der Waals surface area contributed by atoms with Gasteiger partial charge >= 0.3 is 0 Å². The Hall–Kier alpha value is -2.39. The van der Waals surface area contributed by atoms with Gasteiger partial charge in [0.15, 0.2) is 0 Å². The fourth-order valence-electron chi connectivity index (χ4n) is 3.55. The smallest absolute Gasteiger partial charge is 0.0372 e. The molecule has 4 rings (SSSR count). The lowest BCUT2D eigenvalue weighted by Crippen LogP contribution is -2.14. The standard InChI is InChI=1S/C23H24N2S/c1-24(2)17-10-12-19-21(14-17)26-22-15-18(25(3)4)11-13-20(22)23(19)16-8-6-5-7-9-16/h5-15,23H,1-4H3. The minimum atomic E-state index is 0.287. The normalized spacial score (nSPS) is 13.1. The van der Waals surface area contributed by atoms with Crippen molar-refractivity contribution < 1.29 is 0 Å². The van der Waals surface area contributed by atoms with E-state index in [1.54, 1.807) is 0 Å². The maximum atomic E-state index is 2.32. The minimum Gasteiger partial charge on any atom is -0.378 e.